The van der Waals surface area contributed by atoms with Gasteiger partial charge in [0.05, 0.1) is 58.0 Å². The molecule has 3 aliphatic rings. The second-order valence-electron chi connectivity index (χ2n) is 19.2. The maximum absolute atomic E-state index is 14.5. The first-order chi connectivity index (χ1) is 38.9. The number of ether oxygens (including phenoxy) is 11. The maximum atomic E-state index is 14.5. The normalized spacial score (nSPS) is 24.6. The Morgan fingerprint density at radius 3 is 1.51 bits per heavy atom. The van der Waals surface area contributed by atoms with Crippen molar-refractivity contribution in [2.75, 3.05) is 13.2 Å². The summed E-state index contributed by atoms with van der Waals surface area (Å²) < 4.78 is 71.6. The lowest BCUT2D eigenvalue weighted by atomic mass is 9.97. The average molecular weight is 1090 g/mol. The number of benzene rings is 7. The van der Waals surface area contributed by atoms with Crippen LogP contribution in [0.15, 0.2) is 217 Å². The van der Waals surface area contributed by atoms with Crippen molar-refractivity contribution < 1.29 is 66.5 Å². The van der Waals surface area contributed by atoms with Gasteiger partial charge in [0, 0.05) is 10.5 Å². The third-order valence-corrected chi connectivity index (χ3v) is 14.6. The van der Waals surface area contributed by atoms with Gasteiger partial charge >= 0.3 is 17.9 Å². The number of thioether (sulfide) groups is 1. The summed E-state index contributed by atoms with van der Waals surface area (Å²) in [6.45, 7) is 0.932. The summed E-state index contributed by atoms with van der Waals surface area (Å²) >= 11 is 1.38. The van der Waals surface area contributed by atoms with Gasteiger partial charge in [-0.05, 0) is 46.5 Å². The summed E-state index contributed by atoms with van der Waals surface area (Å²) in [4.78, 5) is 43.8. The molecule has 10 rings (SSSR count). The molecule has 0 unspecified atom stereocenters. The molecule has 0 radical (unpaired) electrons. The Morgan fingerprint density at radius 2 is 0.937 bits per heavy atom. The molecule has 0 bridgehead atoms. The van der Waals surface area contributed by atoms with Crippen molar-refractivity contribution in [1.82, 2.24) is 0 Å². The van der Waals surface area contributed by atoms with E-state index in [2.05, 4.69) is 0 Å². The molecular weight excluding hydrogens is 1020 g/mol. The first-order valence-corrected chi connectivity index (χ1v) is 27.4. The molecule has 408 valence electrons. The molecule has 0 N–H and O–H groups in total. The molecule has 3 fully saturated rings. The monoisotopic (exact) mass is 1090 g/mol. The van der Waals surface area contributed by atoms with E-state index < -0.39 is 97.6 Å². The summed E-state index contributed by atoms with van der Waals surface area (Å²) in [7, 11) is 0. The van der Waals surface area contributed by atoms with E-state index in [4.69, 9.17) is 52.1 Å². The molecule has 14 nitrogen and oxygen atoms in total. The Labute approximate surface area is 464 Å². The summed E-state index contributed by atoms with van der Waals surface area (Å²) in [5.41, 5.74) is 3.79. The van der Waals surface area contributed by atoms with Crippen LogP contribution in [-0.2, 0) is 88.1 Å². The second-order valence-corrected chi connectivity index (χ2v) is 20.3. The van der Waals surface area contributed by atoms with Gasteiger partial charge in [0.2, 0.25) is 0 Å². The van der Waals surface area contributed by atoms with Gasteiger partial charge in [0.25, 0.3) is 0 Å². The number of fused-ring (bicyclic) bond motifs is 1. The Bertz CT molecular complexity index is 2950. The van der Waals surface area contributed by atoms with Gasteiger partial charge < -0.3 is 52.1 Å². The summed E-state index contributed by atoms with van der Waals surface area (Å²) in [5, 5.41) is 0. The van der Waals surface area contributed by atoms with Crippen LogP contribution in [0.3, 0.4) is 0 Å². The fourth-order valence-electron chi connectivity index (χ4n) is 9.52. The molecule has 15 heteroatoms. The molecule has 3 aliphatic heterocycles. The first-order valence-electron chi connectivity index (χ1n) is 26.5. The maximum Gasteiger partial charge on any atom is 0.338 e. The zero-order valence-corrected chi connectivity index (χ0v) is 44.2. The van der Waals surface area contributed by atoms with E-state index in [9.17, 15) is 14.4 Å². The van der Waals surface area contributed by atoms with Gasteiger partial charge in [-0.1, -0.05) is 200 Å². The molecule has 3 heterocycles. The van der Waals surface area contributed by atoms with Gasteiger partial charge in [-0.25, -0.2) is 4.79 Å². The van der Waals surface area contributed by atoms with Gasteiger partial charge in [-0.2, -0.15) is 0 Å². The number of carbonyl (C=O) groups is 3. The number of carbonyl (C=O) groups excluding carboxylic acids is 3. The number of hydrogen-bond acceptors (Lipinski definition) is 15. The molecule has 0 saturated carbocycles. The van der Waals surface area contributed by atoms with Gasteiger partial charge in [0.1, 0.15) is 36.0 Å². The molecule has 0 aliphatic carbocycles. The van der Waals surface area contributed by atoms with Crippen molar-refractivity contribution >= 4 is 29.7 Å². The van der Waals surface area contributed by atoms with E-state index in [0.29, 0.717) is 12.2 Å². The standard InChI is InChI=1S/C64H62O14S/c65-53(75-58-56-52(43-72-62(78-56)49-32-18-6-19-33-49)73-63(71-41-47-28-14-4-15-29-47)59(58)77-61(67)48-30-16-5-17-31-48)36-37-54(66)76-60-57(70-40-46-26-12-3-13-27-46)55(69-39-45-24-10-2-11-25-45)51(42-68-38-44-22-8-1-9-23-44)74-64(60)79-50-34-20-7-21-35-50/h1-35,51-52,55-60,62-64H,36-43H2/t51-,52+,55-,56+,57+,58-,59+,60+,62+,63-,64-/m0/s1. The van der Waals surface area contributed by atoms with Crippen molar-refractivity contribution in [2.45, 2.75) is 111 Å². The van der Waals surface area contributed by atoms with Crippen LogP contribution >= 0.6 is 11.8 Å². The highest BCUT2D eigenvalue weighted by Crippen LogP contribution is 2.40. The zero-order valence-electron chi connectivity index (χ0n) is 43.3. The fraction of sp³-hybridized carbons (Fsp3) is 0.297. The largest absolute Gasteiger partial charge is 0.456 e. The van der Waals surface area contributed by atoms with Crippen LogP contribution < -0.4 is 0 Å². The number of hydrogen-bond donors (Lipinski definition) is 0. The Kier molecular flexibility index (Phi) is 19.8. The van der Waals surface area contributed by atoms with Crippen LogP contribution in [0.1, 0.15) is 57.3 Å². The SMILES string of the molecule is O=C(CCC(=O)O[C@@H]1[C@H](OCc2ccccc2)[C@@H](OCc2ccccc2)[C@H](COCc2ccccc2)O[C@H]1Sc1ccccc1)O[C@@H]1[C@@H](OC(=O)c2ccccc2)[C@@H](OCc2ccccc2)O[C@@H]2CO[C@@H](c3ccccc3)O[C@@H]12. The topological polar surface area (TPSA) is 153 Å². The Balaban J connectivity index is 0.915. The van der Waals surface area contributed by atoms with Crippen molar-refractivity contribution in [3.63, 3.8) is 0 Å². The first kappa shape index (κ1) is 55.3. The molecule has 7 aromatic carbocycles. The minimum Gasteiger partial charge on any atom is -0.456 e. The Morgan fingerprint density at radius 1 is 0.456 bits per heavy atom. The van der Waals surface area contributed by atoms with Crippen LogP contribution in [0, 0.1) is 0 Å². The number of rotatable bonds is 23. The van der Waals surface area contributed by atoms with Crippen molar-refractivity contribution in [1.29, 1.82) is 0 Å². The van der Waals surface area contributed by atoms with Crippen molar-refractivity contribution in [2.24, 2.45) is 0 Å². The van der Waals surface area contributed by atoms with E-state index in [1.807, 2.05) is 182 Å². The van der Waals surface area contributed by atoms with E-state index in [0.717, 1.165) is 27.1 Å². The molecule has 3 saturated heterocycles. The zero-order chi connectivity index (χ0) is 54.0. The highest BCUT2D eigenvalue weighted by Gasteiger charge is 2.55. The van der Waals surface area contributed by atoms with E-state index in [1.165, 1.54) is 11.8 Å². The Hall–Kier alpha value is -7.02. The minimum absolute atomic E-state index is 0.0321. The lowest BCUT2D eigenvalue weighted by Crippen LogP contribution is -2.64. The molecule has 11 atom stereocenters. The van der Waals surface area contributed by atoms with Crippen LogP contribution in [-0.4, -0.2) is 91.7 Å². The fourth-order valence-corrected chi connectivity index (χ4v) is 10.6. The smallest absolute Gasteiger partial charge is 0.338 e. The van der Waals surface area contributed by atoms with E-state index in [-0.39, 0.29) is 38.6 Å². The van der Waals surface area contributed by atoms with Gasteiger partial charge in [-0.3, -0.25) is 9.59 Å². The van der Waals surface area contributed by atoms with E-state index in [1.54, 1.807) is 30.3 Å². The third-order valence-electron chi connectivity index (χ3n) is 13.5. The lowest BCUT2D eigenvalue weighted by Gasteiger charge is -2.48. The molecular formula is C64H62O14S. The molecule has 79 heavy (non-hydrogen) atoms. The summed E-state index contributed by atoms with van der Waals surface area (Å²) in [5.74, 6) is -2.20. The van der Waals surface area contributed by atoms with Gasteiger partial charge in [-0.15, -0.1) is 0 Å². The van der Waals surface area contributed by atoms with E-state index >= 15 is 0 Å². The third kappa shape index (κ3) is 15.4. The second kappa shape index (κ2) is 28.2. The summed E-state index contributed by atoms with van der Waals surface area (Å²) in [6, 6.07) is 66.2. The molecule has 7 aromatic rings. The van der Waals surface area contributed by atoms with Crippen LogP contribution in [0.25, 0.3) is 0 Å². The quantitative estimate of drug-likeness (QED) is 0.0441. The number of esters is 3. The molecule has 0 aromatic heterocycles. The highest BCUT2D eigenvalue weighted by molar-refractivity contribution is 7.99. The van der Waals surface area contributed by atoms with Crippen LogP contribution in [0.2, 0.25) is 0 Å². The molecule has 0 spiro atoms. The predicted octanol–water partition coefficient (Wildman–Crippen LogP) is 10.8. The predicted molar refractivity (Wildman–Crippen MR) is 292 cm³/mol. The molecule has 0 amide bonds. The lowest BCUT2D eigenvalue weighted by molar-refractivity contribution is -0.362. The van der Waals surface area contributed by atoms with Gasteiger partial charge in [0.15, 0.2) is 30.9 Å². The van der Waals surface area contributed by atoms with Crippen molar-refractivity contribution in [3.8, 4) is 0 Å². The highest BCUT2D eigenvalue weighted by atomic mass is 32.2. The minimum atomic E-state index is -1.33. The van der Waals surface area contributed by atoms with Crippen molar-refractivity contribution in [3.05, 3.63) is 246 Å². The summed E-state index contributed by atoms with van der Waals surface area (Å²) in [6.07, 6.45) is -10.8. The van der Waals surface area contributed by atoms with Crippen LogP contribution in [0.4, 0.5) is 0 Å². The van der Waals surface area contributed by atoms with Crippen LogP contribution in [0.5, 0.6) is 0 Å². The average Bonchev–Trinajstić information content (AvgIpc) is 3.51.